The van der Waals surface area contributed by atoms with Gasteiger partial charge < -0.3 is 0 Å². The van der Waals surface area contributed by atoms with Gasteiger partial charge in [-0.1, -0.05) is 59.3 Å². The second-order valence-corrected chi connectivity index (χ2v) is 3.59. The van der Waals surface area contributed by atoms with Crippen LogP contribution in [0.4, 0.5) is 0 Å². The molecular formula is C9H12BBr. The molecule has 1 rings (SSSR count). The average molecular weight is 211 g/mol. The summed E-state index contributed by atoms with van der Waals surface area (Å²) in [5.41, 5.74) is 2.75. The molecule has 0 nitrogen and oxygen atoms in total. The third-order valence-corrected chi connectivity index (χ3v) is 2.45. The van der Waals surface area contributed by atoms with Gasteiger partial charge in [-0.3, -0.25) is 0 Å². The van der Waals surface area contributed by atoms with Crippen LogP contribution in [0.3, 0.4) is 0 Å². The van der Waals surface area contributed by atoms with Crippen molar-refractivity contribution in [2.75, 3.05) is 0 Å². The van der Waals surface area contributed by atoms with Gasteiger partial charge in [-0.15, -0.1) is 0 Å². The highest BCUT2D eigenvalue weighted by Crippen LogP contribution is 2.02. The molecule has 1 aromatic carbocycles. The molecule has 0 atom stereocenters. The predicted molar refractivity (Wildman–Crippen MR) is 56.2 cm³/mol. The fourth-order valence-electron chi connectivity index (χ4n) is 0.992. The van der Waals surface area contributed by atoms with Gasteiger partial charge in [-0.2, -0.15) is 0 Å². The van der Waals surface area contributed by atoms with E-state index in [0.29, 0.717) is 6.71 Å². The number of hydrogen-bond acceptors (Lipinski definition) is 0. The Balaban J connectivity index is 2.83. The Kier molecular flexibility index (Phi) is 3.19. The summed E-state index contributed by atoms with van der Waals surface area (Å²) in [4.78, 5) is 0. The van der Waals surface area contributed by atoms with Crippen molar-refractivity contribution >= 4 is 28.1 Å². The molecule has 0 fully saturated rings. The summed E-state index contributed by atoms with van der Waals surface area (Å²) >= 11 is 3.42. The van der Waals surface area contributed by atoms with Crippen molar-refractivity contribution in [1.29, 1.82) is 0 Å². The van der Waals surface area contributed by atoms with Crippen LogP contribution in [-0.4, -0.2) is 6.71 Å². The fourth-order valence-corrected chi connectivity index (χ4v) is 1.37. The molecule has 0 aromatic heterocycles. The standard InChI is InChI=1S/C9H12BBr/c1-10(2)9-5-3-8(7-11)4-6-9/h3-6H,7H2,1-2H3. The molecule has 0 saturated carbocycles. The van der Waals surface area contributed by atoms with E-state index in [-0.39, 0.29) is 0 Å². The van der Waals surface area contributed by atoms with E-state index in [4.69, 9.17) is 0 Å². The first-order valence-electron chi connectivity index (χ1n) is 3.89. The second kappa shape index (κ2) is 3.96. The maximum atomic E-state index is 3.42. The zero-order valence-electron chi connectivity index (χ0n) is 6.97. The van der Waals surface area contributed by atoms with Gasteiger partial charge in [0.15, 0.2) is 6.71 Å². The van der Waals surface area contributed by atoms with E-state index in [2.05, 4.69) is 53.8 Å². The first-order valence-corrected chi connectivity index (χ1v) is 5.01. The Bertz CT molecular complexity index is 216. The lowest BCUT2D eigenvalue weighted by Gasteiger charge is -2.02. The van der Waals surface area contributed by atoms with Gasteiger partial charge in [-0.05, 0) is 5.56 Å². The SMILES string of the molecule is CB(C)c1ccc(CBr)cc1. The molecule has 0 amide bonds. The Hall–Kier alpha value is -0.235. The Morgan fingerprint density at radius 3 is 2.09 bits per heavy atom. The highest BCUT2D eigenvalue weighted by molar-refractivity contribution is 9.08. The van der Waals surface area contributed by atoms with Crippen LogP contribution in [-0.2, 0) is 5.33 Å². The third-order valence-electron chi connectivity index (χ3n) is 1.80. The van der Waals surface area contributed by atoms with Gasteiger partial charge in [-0.25, -0.2) is 0 Å². The van der Waals surface area contributed by atoms with Crippen molar-refractivity contribution in [2.45, 2.75) is 19.0 Å². The molecule has 0 unspecified atom stereocenters. The molecule has 0 aliphatic carbocycles. The topological polar surface area (TPSA) is 0 Å². The molecular weight excluding hydrogens is 199 g/mol. The normalized spacial score (nSPS) is 9.73. The first kappa shape index (κ1) is 8.86. The minimum atomic E-state index is 0.638. The van der Waals surface area contributed by atoms with Gasteiger partial charge in [0.1, 0.15) is 0 Å². The van der Waals surface area contributed by atoms with E-state index in [1.807, 2.05) is 0 Å². The van der Waals surface area contributed by atoms with Crippen LogP contribution in [0.15, 0.2) is 24.3 Å². The maximum absolute atomic E-state index is 3.42. The van der Waals surface area contributed by atoms with Gasteiger partial charge in [0, 0.05) is 5.33 Å². The molecule has 0 saturated heterocycles. The highest BCUT2D eigenvalue weighted by atomic mass is 79.9. The van der Waals surface area contributed by atoms with Crippen LogP contribution >= 0.6 is 15.9 Å². The summed E-state index contributed by atoms with van der Waals surface area (Å²) in [6.45, 7) is 5.06. The molecule has 0 radical (unpaired) electrons. The first-order chi connectivity index (χ1) is 5.24. The largest absolute Gasteiger partial charge is 0.169 e. The molecule has 0 heterocycles. The summed E-state index contributed by atoms with van der Waals surface area (Å²) < 4.78 is 0. The zero-order chi connectivity index (χ0) is 8.27. The van der Waals surface area contributed by atoms with Crippen LogP contribution in [0.5, 0.6) is 0 Å². The average Bonchev–Trinajstić information content (AvgIpc) is 2.05. The van der Waals surface area contributed by atoms with E-state index in [9.17, 15) is 0 Å². The van der Waals surface area contributed by atoms with Crippen LogP contribution in [0.2, 0.25) is 13.6 Å². The van der Waals surface area contributed by atoms with Crippen molar-refractivity contribution in [1.82, 2.24) is 0 Å². The van der Waals surface area contributed by atoms with Crippen molar-refractivity contribution in [3.05, 3.63) is 29.8 Å². The minimum absolute atomic E-state index is 0.638. The maximum Gasteiger partial charge on any atom is 0.169 e. The van der Waals surface area contributed by atoms with Crippen molar-refractivity contribution < 1.29 is 0 Å². The number of alkyl halides is 1. The van der Waals surface area contributed by atoms with Gasteiger partial charge in [0.2, 0.25) is 0 Å². The van der Waals surface area contributed by atoms with Crippen LogP contribution in [0.25, 0.3) is 0 Å². The van der Waals surface area contributed by atoms with Crippen molar-refractivity contribution in [3.8, 4) is 0 Å². The lowest BCUT2D eigenvalue weighted by molar-refractivity contribution is 1.45. The summed E-state index contributed by atoms with van der Waals surface area (Å²) in [6, 6.07) is 8.73. The summed E-state index contributed by atoms with van der Waals surface area (Å²) in [5, 5.41) is 0.950. The lowest BCUT2D eigenvalue weighted by Crippen LogP contribution is -2.21. The van der Waals surface area contributed by atoms with Crippen LogP contribution in [0.1, 0.15) is 5.56 Å². The summed E-state index contributed by atoms with van der Waals surface area (Å²) in [7, 11) is 0. The molecule has 11 heavy (non-hydrogen) atoms. The fraction of sp³-hybridized carbons (Fsp3) is 0.333. The van der Waals surface area contributed by atoms with E-state index >= 15 is 0 Å². The molecule has 0 aliphatic heterocycles. The smallest absolute Gasteiger partial charge is 0.0876 e. The Labute approximate surface area is 77.2 Å². The Morgan fingerprint density at radius 1 is 1.18 bits per heavy atom. The lowest BCUT2D eigenvalue weighted by atomic mass is 9.49. The van der Waals surface area contributed by atoms with Gasteiger partial charge in [0.25, 0.3) is 0 Å². The highest BCUT2D eigenvalue weighted by Gasteiger charge is 2.00. The number of halogens is 1. The molecule has 2 heteroatoms. The molecule has 0 N–H and O–H groups in total. The zero-order valence-corrected chi connectivity index (χ0v) is 8.56. The molecule has 58 valence electrons. The molecule has 1 aromatic rings. The van der Waals surface area contributed by atoms with Crippen molar-refractivity contribution in [2.24, 2.45) is 0 Å². The van der Waals surface area contributed by atoms with E-state index in [1.54, 1.807) is 0 Å². The van der Waals surface area contributed by atoms with Gasteiger partial charge >= 0.3 is 0 Å². The van der Waals surface area contributed by atoms with E-state index in [1.165, 1.54) is 11.0 Å². The Morgan fingerprint density at radius 2 is 1.73 bits per heavy atom. The monoisotopic (exact) mass is 210 g/mol. The van der Waals surface area contributed by atoms with Crippen LogP contribution < -0.4 is 5.46 Å². The predicted octanol–water partition coefficient (Wildman–Crippen LogP) is 2.54. The van der Waals surface area contributed by atoms with E-state index in [0.717, 1.165) is 5.33 Å². The molecule has 0 spiro atoms. The third kappa shape index (κ3) is 2.37. The molecule has 0 aliphatic rings. The van der Waals surface area contributed by atoms with Crippen molar-refractivity contribution in [3.63, 3.8) is 0 Å². The quantitative estimate of drug-likeness (QED) is 0.520. The number of benzene rings is 1. The number of hydrogen-bond donors (Lipinski definition) is 0. The van der Waals surface area contributed by atoms with E-state index < -0.39 is 0 Å². The van der Waals surface area contributed by atoms with Crippen LogP contribution in [0, 0.1) is 0 Å². The summed E-state index contributed by atoms with van der Waals surface area (Å²) in [6.07, 6.45) is 0. The number of rotatable bonds is 2. The molecule has 0 bridgehead atoms. The summed E-state index contributed by atoms with van der Waals surface area (Å²) in [5.74, 6) is 0. The van der Waals surface area contributed by atoms with Gasteiger partial charge in [0.05, 0.1) is 0 Å². The second-order valence-electron chi connectivity index (χ2n) is 3.03. The minimum Gasteiger partial charge on any atom is -0.0876 e.